The second-order valence-corrected chi connectivity index (χ2v) is 12.3. The molecule has 4 aliphatic carbocycles. The minimum Gasteiger partial charge on any atom is -0.469 e. The molecule has 2 unspecified atom stereocenters. The molecule has 0 radical (unpaired) electrons. The molecule has 32 heavy (non-hydrogen) atoms. The first kappa shape index (κ1) is 24.1. The number of carbonyl (C=O) groups excluding carboxylic acids is 2. The molecule has 4 heteroatoms. The second-order valence-electron chi connectivity index (χ2n) is 12.3. The predicted octanol–water partition coefficient (Wildman–Crippen LogP) is 6.56. The molecular weight excluding hydrogens is 400 g/mol. The van der Waals surface area contributed by atoms with Crippen LogP contribution in [0, 0.1) is 46.3 Å². The summed E-state index contributed by atoms with van der Waals surface area (Å²) in [5.74, 6) is 4.64. The molecule has 4 nitrogen and oxygen atoms in total. The quantitative estimate of drug-likeness (QED) is 0.434. The van der Waals surface area contributed by atoms with E-state index in [0.29, 0.717) is 23.2 Å². The molecule has 4 saturated carbocycles. The first-order valence-corrected chi connectivity index (χ1v) is 13.4. The minimum absolute atomic E-state index is 0.0679. The Bertz CT molecular complexity index is 704. The lowest BCUT2D eigenvalue weighted by Gasteiger charge is -2.61. The van der Waals surface area contributed by atoms with Crippen LogP contribution in [-0.2, 0) is 19.1 Å². The van der Waals surface area contributed by atoms with Gasteiger partial charge in [-0.15, -0.1) is 0 Å². The van der Waals surface area contributed by atoms with Gasteiger partial charge in [0.1, 0.15) is 6.10 Å². The van der Waals surface area contributed by atoms with E-state index in [-0.39, 0.29) is 18.0 Å². The molecule has 0 N–H and O–H groups in total. The molecule has 0 heterocycles. The highest BCUT2D eigenvalue weighted by Crippen LogP contribution is 2.68. The van der Waals surface area contributed by atoms with Crippen molar-refractivity contribution in [2.45, 2.75) is 111 Å². The summed E-state index contributed by atoms with van der Waals surface area (Å²) in [5.41, 5.74) is 0.912. The van der Waals surface area contributed by atoms with E-state index in [4.69, 9.17) is 9.47 Å². The molecule has 0 aromatic heterocycles. The Hall–Kier alpha value is -1.06. The van der Waals surface area contributed by atoms with Crippen LogP contribution in [0.4, 0.5) is 0 Å². The van der Waals surface area contributed by atoms with Gasteiger partial charge in [0.05, 0.1) is 7.11 Å². The molecule has 0 aromatic carbocycles. The number of ether oxygens (including phenoxy) is 2. The highest BCUT2D eigenvalue weighted by molar-refractivity contribution is 5.69. The summed E-state index contributed by atoms with van der Waals surface area (Å²) in [6.45, 7) is 9.20. The number of esters is 2. The number of fused-ring (bicyclic) bond motifs is 5. The van der Waals surface area contributed by atoms with Gasteiger partial charge in [0.15, 0.2) is 0 Å². The fraction of sp³-hybridized carbons (Fsp3) is 0.929. The summed E-state index contributed by atoms with van der Waals surface area (Å²) in [6.07, 6.45) is 14.4. The van der Waals surface area contributed by atoms with Crippen LogP contribution in [0.1, 0.15) is 105 Å². The topological polar surface area (TPSA) is 52.6 Å². The van der Waals surface area contributed by atoms with E-state index < -0.39 is 0 Å². The van der Waals surface area contributed by atoms with Gasteiger partial charge in [-0.05, 0) is 117 Å². The first-order valence-electron chi connectivity index (χ1n) is 13.4. The van der Waals surface area contributed by atoms with Crippen molar-refractivity contribution >= 4 is 11.9 Å². The van der Waals surface area contributed by atoms with E-state index in [9.17, 15) is 9.59 Å². The standard InChI is InChI=1S/C28H46O4/c1-18(7-6-8-26(30)31-5)23-11-12-24-22-10-9-20-17-21(32-19(2)29)13-15-27(20,3)25(22)14-16-28(23,24)4/h18,20-25H,6-17H2,1-5H3/t18-,20+,21+,22?,23-,24+,25?,27+,28-/m1/s1. The van der Waals surface area contributed by atoms with Gasteiger partial charge in [0, 0.05) is 13.3 Å². The van der Waals surface area contributed by atoms with Crippen molar-refractivity contribution in [2.75, 3.05) is 7.11 Å². The van der Waals surface area contributed by atoms with Crippen molar-refractivity contribution in [1.82, 2.24) is 0 Å². The number of hydrogen-bond acceptors (Lipinski definition) is 4. The lowest BCUT2D eigenvalue weighted by Crippen LogP contribution is -2.54. The lowest BCUT2D eigenvalue weighted by atomic mass is 9.44. The third-order valence-electron chi connectivity index (χ3n) is 11.0. The Balaban J connectivity index is 1.41. The zero-order chi connectivity index (χ0) is 23.1. The maximum absolute atomic E-state index is 11.5. The maximum Gasteiger partial charge on any atom is 0.305 e. The minimum atomic E-state index is -0.113. The molecule has 0 bridgehead atoms. The van der Waals surface area contributed by atoms with Crippen LogP contribution in [-0.4, -0.2) is 25.2 Å². The van der Waals surface area contributed by atoms with Crippen LogP contribution in [0.15, 0.2) is 0 Å². The van der Waals surface area contributed by atoms with E-state index in [2.05, 4.69) is 20.8 Å². The summed E-state index contributed by atoms with van der Waals surface area (Å²) in [4.78, 5) is 23.0. The third-order valence-corrected chi connectivity index (χ3v) is 11.0. The van der Waals surface area contributed by atoms with Crippen LogP contribution in [0.3, 0.4) is 0 Å². The van der Waals surface area contributed by atoms with E-state index in [1.807, 2.05) is 0 Å². The van der Waals surface area contributed by atoms with Gasteiger partial charge in [-0.1, -0.05) is 20.8 Å². The summed E-state index contributed by atoms with van der Waals surface area (Å²) in [7, 11) is 1.49. The van der Waals surface area contributed by atoms with E-state index >= 15 is 0 Å². The van der Waals surface area contributed by atoms with Crippen LogP contribution < -0.4 is 0 Å². The zero-order valence-electron chi connectivity index (χ0n) is 21.2. The van der Waals surface area contributed by atoms with Gasteiger partial charge in [-0.25, -0.2) is 0 Å². The average Bonchev–Trinajstić information content (AvgIpc) is 3.10. The number of rotatable bonds is 6. The van der Waals surface area contributed by atoms with Crippen LogP contribution >= 0.6 is 0 Å². The number of hydrogen-bond donors (Lipinski definition) is 0. The van der Waals surface area contributed by atoms with Gasteiger partial charge in [0.25, 0.3) is 0 Å². The highest BCUT2D eigenvalue weighted by Gasteiger charge is 2.60. The van der Waals surface area contributed by atoms with Gasteiger partial charge in [0.2, 0.25) is 0 Å². The zero-order valence-corrected chi connectivity index (χ0v) is 21.2. The SMILES string of the molecule is COC(=O)CCC[C@@H](C)[C@H]1CC[C@H]2C3CC[C@H]4C[C@@H](OC(C)=O)CC[C@]4(C)C3CC[C@]12C. The number of carbonyl (C=O) groups is 2. The molecule has 0 saturated heterocycles. The van der Waals surface area contributed by atoms with Crippen molar-refractivity contribution in [3.05, 3.63) is 0 Å². The van der Waals surface area contributed by atoms with Crippen LogP contribution in [0.5, 0.6) is 0 Å². The second kappa shape index (κ2) is 9.29. The third kappa shape index (κ3) is 4.25. The first-order chi connectivity index (χ1) is 15.2. The van der Waals surface area contributed by atoms with Gasteiger partial charge in [-0.2, -0.15) is 0 Å². The molecule has 0 aromatic rings. The lowest BCUT2D eigenvalue weighted by molar-refractivity contribution is -0.160. The fourth-order valence-electron chi connectivity index (χ4n) is 9.41. The Morgan fingerprint density at radius 3 is 2.41 bits per heavy atom. The van der Waals surface area contributed by atoms with Gasteiger partial charge in [-0.3, -0.25) is 9.59 Å². The highest BCUT2D eigenvalue weighted by atomic mass is 16.5. The van der Waals surface area contributed by atoms with Crippen LogP contribution in [0.2, 0.25) is 0 Å². The molecule has 4 fully saturated rings. The largest absolute Gasteiger partial charge is 0.469 e. The molecule has 4 aliphatic rings. The van der Waals surface area contributed by atoms with Crippen molar-refractivity contribution in [1.29, 1.82) is 0 Å². The van der Waals surface area contributed by atoms with E-state index in [1.54, 1.807) is 6.92 Å². The molecule has 0 spiro atoms. The summed E-state index contributed by atoms with van der Waals surface area (Å²) in [6, 6.07) is 0. The van der Waals surface area contributed by atoms with E-state index in [0.717, 1.165) is 55.3 Å². The molecule has 9 atom stereocenters. The smallest absolute Gasteiger partial charge is 0.305 e. The van der Waals surface area contributed by atoms with Gasteiger partial charge < -0.3 is 9.47 Å². The maximum atomic E-state index is 11.5. The van der Waals surface area contributed by atoms with Crippen molar-refractivity contribution < 1.29 is 19.1 Å². The van der Waals surface area contributed by atoms with E-state index in [1.165, 1.54) is 52.1 Å². The monoisotopic (exact) mass is 446 g/mol. The number of methoxy groups -OCH3 is 1. The van der Waals surface area contributed by atoms with Crippen molar-refractivity contribution in [2.24, 2.45) is 46.3 Å². The molecule has 182 valence electrons. The van der Waals surface area contributed by atoms with Crippen molar-refractivity contribution in [3.8, 4) is 0 Å². The Morgan fingerprint density at radius 2 is 1.69 bits per heavy atom. The molecule has 4 rings (SSSR count). The van der Waals surface area contributed by atoms with Gasteiger partial charge >= 0.3 is 11.9 Å². The van der Waals surface area contributed by atoms with Crippen LogP contribution in [0.25, 0.3) is 0 Å². The summed E-state index contributed by atoms with van der Waals surface area (Å²) < 4.78 is 10.5. The van der Waals surface area contributed by atoms with Crippen molar-refractivity contribution in [3.63, 3.8) is 0 Å². The fourth-order valence-corrected chi connectivity index (χ4v) is 9.41. The summed E-state index contributed by atoms with van der Waals surface area (Å²) in [5, 5.41) is 0. The normalized spacial score (nSPS) is 44.0. The average molecular weight is 447 g/mol. The Kier molecular flexibility index (Phi) is 6.99. The summed E-state index contributed by atoms with van der Waals surface area (Å²) >= 11 is 0. The Labute approximate surface area is 195 Å². The molecule has 0 aliphatic heterocycles. The predicted molar refractivity (Wildman–Crippen MR) is 126 cm³/mol. The molecule has 0 amide bonds. The molecular formula is C28H46O4. The Morgan fingerprint density at radius 1 is 0.969 bits per heavy atom.